The predicted molar refractivity (Wildman–Crippen MR) is 180 cm³/mol. The second kappa shape index (κ2) is 34.0. The van der Waals surface area contributed by atoms with Crippen LogP contribution in [0.15, 0.2) is 25.1 Å². The van der Waals surface area contributed by atoms with E-state index < -0.39 is 0 Å². The first-order chi connectivity index (χ1) is 19.5. The molecule has 0 heterocycles. The highest BCUT2D eigenvalue weighted by Crippen LogP contribution is 2.20. The highest BCUT2D eigenvalue weighted by atomic mass is 16.5. The third-order valence-electron chi connectivity index (χ3n) is 7.89. The second-order valence-electron chi connectivity index (χ2n) is 11.9. The van der Waals surface area contributed by atoms with E-state index in [0.717, 1.165) is 25.8 Å². The Labute approximate surface area is 253 Å². The van der Waals surface area contributed by atoms with Crippen LogP contribution in [0, 0.1) is 11.8 Å². The van der Waals surface area contributed by atoms with Crippen LogP contribution in [0.4, 0.5) is 0 Å². The molecule has 0 aliphatic carbocycles. The van der Waals surface area contributed by atoms with Crippen LogP contribution >= 0.6 is 0 Å². The summed E-state index contributed by atoms with van der Waals surface area (Å²) in [6.45, 7) is 19.0. The summed E-state index contributed by atoms with van der Waals surface area (Å²) in [5.41, 5.74) is 0. The summed E-state index contributed by atoms with van der Waals surface area (Å²) in [5.74, 6) is 0.905. The first-order valence-electron chi connectivity index (χ1n) is 17.7. The van der Waals surface area contributed by atoms with Crippen molar-refractivity contribution in [3.8, 4) is 0 Å². The summed E-state index contributed by atoms with van der Waals surface area (Å²) < 4.78 is 5.60. The Hall–Kier alpha value is -1.25. The molecule has 0 aromatic heterocycles. The van der Waals surface area contributed by atoms with Crippen molar-refractivity contribution in [2.24, 2.45) is 11.8 Å². The molecule has 3 heteroatoms. The van der Waals surface area contributed by atoms with Gasteiger partial charge in [0.15, 0.2) is 0 Å². The summed E-state index contributed by atoms with van der Waals surface area (Å²) in [7, 11) is 0. The summed E-state index contributed by atoms with van der Waals surface area (Å²) >= 11 is 0. The molecule has 0 N–H and O–H groups in total. The molecule has 0 aromatic carbocycles. The zero-order valence-corrected chi connectivity index (χ0v) is 28.3. The van der Waals surface area contributed by atoms with Crippen molar-refractivity contribution >= 4 is 5.97 Å². The Morgan fingerprint density at radius 3 is 1.62 bits per heavy atom. The maximum atomic E-state index is 12.4. The lowest BCUT2D eigenvalue weighted by atomic mass is 9.94. The molecule has 0 saturated heterocycles. The van der Waals surface area contributed by atoms with Crippen molar-refractivity contribution in [3.63, 3.8) is 0 Å². The van der Waals surface area contributed by atoms with Crippen LogP contribution in [0.3, 0.4) is 0 Å². The van der Waals surface area contributed by atoms with Crippen LogP contribution < -0.4 is 0 Å². The summed E-state index contributed by atoms with van der Waals surface area (Å²) in [6, 6.07) is 0. The molecule has 0 saturated carbocycles. The molecule has 0 aliphatic heterocycles. The minimum absolute atomic E-state index is 0.0838. The number of hydrogen-bond donors (Lipinski definition) is 0. The zero-order valence-electron chi connectivity index (χ0n) is 28.3. The fourth-order valence-electron chi connectivity index (χ4n) is 4.71. The first-order valence-corrected chi connectivity index (χ1v) is 17.7. The standard InChI is InChI=1S/C23H46O2.C14H27N/c1-4-7-10-13-14-17-20-22(19-16-12-9-6-3)23(24)25-21-18-15-11-8-5-2;1-5-8-9-10-12-15(7-3)13-11-14(4)6-2/h22H,4-21H2,1-3H3;7,11,13-14H,3,5-6,8-10,12H2,1-2,4H3/b;13-11-. The Morgan fingerprint density at radius 1 is 0.675 bits per heavy atom. The minimum Gasteiger partial charge on any atom is -0.465 e. The third-order valence-corrected chi connectivity index (χ3v) is 7.89. The van der Waals surface area contributed by atoms with Crippen molar-refractivity contribution in [1.82, 2.24) is 4.90 Å². The van der Waals surface area contributed by atoms with E-state index in [4.69, 9.17) is 4.74 Å². The van der Waals surface area contributed by atoms with Gasteiger partial charge in [-0.15, -0.1) is 0 Å². The van der Waals surface area contributed by atoms with Crippen LogP contribution in [0.25, 0.3) is 0 Å². The lowest BCUT2D eigenvalue weighted by Gasteiger charge is -2.16. The molecule has 238 valence electrons. The van der Waals surface area contributed by atoms with Crippen molar-refractivity contribution in [2.75, 3.05) is 13.2 Å². The number of ether oxygens (including phenoxy) is 1. The topological polar surface area (TPSA) is 29.5 Å². The Kier molecular flexibility index (Phi) is 34.7. The number of hydrogen-bond acceptors (Lipinski definition) is 3. The summed E-state index contributed by atoms with van der Waals surface area (Å²) in [6.07, 6.45) is 33.7. The van der Waals surface area contributed by atoms with Crippen molar-refractivity contribution in [3.05, 3.63) is 25.1 Å². The van der Waals surface area contributed by atoms with E-state index in [2.05, 4.69) is 65.3 Å². The van der Waals surface area contributed by atoms with Crippen LogP contribution in [0.5, 0.6) is 0 Å². The van der Waals surface area contributed by atoms with Gasteiger partial charge in [0, 0.05) is 6.54 Å². The van der Waals surface area contributed by atoms with Gasteiger partial charge in [0.05, 0.1) is 12.5 Å². The van der Waals surface area contributed by atoms with Gasteiger partial charge >= 0.3 is 5.97 Å². The zero-order chi connectivity index (χ0) is 30.1. The molecule has 0 spiro atoms. The highest BCUT2D eigenvalue weighted by molar-refractivity contribution is 5.72. The molecule has 0 rings (SSSR count). The van der Waals surface area contributed by atoms with E-state index in [0.29, 0.717) is 12.5 Å². The quantitative estimate of drug-likeness (QED) is 0.0700. The van der Waals surface area contributed by atoms with Gasteiger partial charge < -0.3 is 9.64 Å². The van der Waals surface area contributed by atoms with Crippen LogP contribution in [-0.4, -0.2) is 24.0 Å². The largest absolute Gasteiger partial charge is 0.465 e. The maximum Gasteiger partial charge on any atom is 0.308 e. The average Bonchev–Trinajstić information content (AvgIpc) is 2.97. The Balaban J connectivity index is 0. The van der Waals surface area contributed by atoms with Gasteiger partial charge in [0.1, 0.15) is 0 Å². The van der Waals surface area contributed by atoms with Gasteiger partial charge in [0.25, 0.3) is 0 Å². The second-order valence-corrected chi connectivity index (χ2v) is 11.9. The third kappa shape index (κ3) is 29.7. The van der Waals surface area contributed by atoms with Gasteiger partial charge in [-0.1, -0.05) is 170 Å². The van der Waals surface area contributed by atoms with Gasteiger partial charge in [0.2, 0.25) is 0 Å². The highest BCUT2D eigenvalue weighted by Gasteiger charge is 2.19. The van der Waals surface area contributed by atoms with Crippen LogP contribution in [-0.2, 0) is 9.53 Å². The van der Waals surface area contributed by atoms with E-state index in [1.807, 2.05) is 6.20 Å². The summed E-state index contributed by atoms with van der Waals surface area (Å²) in [4.78, 5) is 14.6. The molecular formula is C37H73NO2. The predicted octanol–water partition coefficient (Wildman–Crippen LogP) is 12.4. The van der Waals surface area contributed by atoms with Crippen molar-refractivity contribution < 1.29 is 9.53 Å². The SMILES string of the molecule is C=CN(/C=C\C(C)CC)CCCCCC.CCCCCCCCC(CCCCCC)C(=O)OCCCCCCC. The maximum absolute atomic E-state index is 12.4. The van der Waals surface area contributed by atoms with Gasteiger partial charge in [-0.3, -0.25) is 4.79 Å². The molecule has 0 fully saturated rings. The van der Waals surface area contributed by atoms with Gasteiger partial charge in [-0.25, -0.2) is 0 Å². The summed E-state index contributed by atoms with van der Waals surface area (Å²) in [5, 5.41) is 0. The first kappa shape index (κ1) is 40.9. The molecule has 0 radical (unpaired) electrons. The number of unbranched alkanes of at least 4 members (excludes halogenated alkanes) is 15. The minimum atomic E-state index is 0.0838. The molecule has 3 nitrogen and oxygen atoms in total. The number of carbonyl (C=O) groups excluding carboxylic acids is 1. The van der Waals surface area contributed by atoms with E-state index in [-0.39, 0.29) is 11.9 Å². The smallest absolute Gasteiger partial charge is 0.308 e. The molecular weight excluding hydrogens is 490 g/mol. The van der Waals surface area contributed by atoms with Crippen molar-refractivity contribution in [1.29, 1.82) is 0 Å². The van der Waals surface area contributed by atoms with Crippen molar-refractivity contribution in [2.45, 2.75) is 183 Å². The normalized spacial score (nSPS) is 12.6. The molecule has 0 aromatic rings. The Bertz CT molecular complexity index is 544. The molecule has 0 aliphatic rings. The number of rotatable bonds is 28. The number of carbonyl (C=O) groups is 1. The fraction of sp³-hybridized carbons (Fsp3) is 0.865. The molecule has 0 bridgehead atoms. The lowest BCUT2D eigenvalue weighted by molar-refractivity contribution is -0.149. The van der Waals surface area contributed by atoms with E-state index in [9.17, 15) is 4.79 Å². The number of allylic oxidation sites excluding steroid dienone is 1. The van der Waals surface area contributed by atoms with Gasteiger partial charge in [-0.2, -0.15) is 0 Å². The van der Waals surface area contributed by atoms with Crippen LogP contribution in [0.2, 0.25) is 0 Å². The molecule has 2 atom stereocenters. The molecule has 2 unspecified atom stereocenters. The lowest BCUT2D eigenvalue weighted by Crippen LogP contribution is -2.18. The van der Waals surface area contributed by atoms with Crippen LogP contribution in [0.1, 0.15) is 183 Å². The number of esters is 1. The molecule has 40 heavy (non-hydrogen) atoms. The number of nitrogens with zero attached hydrogens (tertiary/aromatic N) is 1. The van der Waals surface area contributed by atoms with Gasteiger partial charge in [-0.05, 0) is 44.0 Å². The fourth-order valence-corrected chi connectivity index (χ4v) is 4.71. The van der Waals surface area contributed by atoms with E-state index in [1.165, 1.54) is 122 Å². The Morgan fingerprint density at radius 2 is 1.12 bits per heavy atom. The van der Waals surface area contributed by atoms with E-state index in [1.54, 1.807) is 0 Å². The monoisotopic (exact) mass is 564 g/mol. The average molecular weight is 564 g/mol. The molecule has 0 amide bonds. The van der Waals surface area contributed by atoms with E-state index >= 15 is 0 Å².